The molecular weight excluding hydrogens is 375 g/mol. The maximum atomic E-state index is 11.1. The van der Waals surface area contributed by atoms with Gasteiger partial charge in [0.1, 0.15) is 17.0 Å². The normalized spacial score (nSPS) is 10.5. The highest BCUT2D eigenvalue weighted by atomic mass is 31.2. The van der Waals surface area contributed by atoms with Crippen molar-refractivity contribution < 1.29 is 28.8 Å². The number of phosphoric acid groups is 1. The number of nitrogens with zero attached hydrogens (tertiary/aromatic N) is 2. The molecule has 0 bridgehead atoms. The molecule has 10 heteroatoms. The van der Waals surface area contributed by atoms with Gasteiger partial charge in [0.15, 0.2) is 16.8 Å². The second-order valence-corrected chi connectivity index (χ2v) is 6.06. The summed E-state index contributed by atoms with van der Waals surface area (Å²) in [4.78, 5) is 40.8. The summed E-state index contributed by atoms with van der Waals surface area (Å²) in [5, 5.41) is 9.31. The molecule has 1 aliphatic carbocycles. The van der Waals surface area contributed by atoms with E-state index in [2.05, 4.69) is 9.97 Å². The molecule has 140 valence electrons. The molecule has 2 aromatic rings. The van der Waals surface area contributed by atoms with Crippen LogP contribution in [-0.2, 0) is 4.57 Å². The Kier molecular flexibility index (Phi) is 6.75. The Morgan fingerprint density at radius 1 is 0.926 bits per heavy atom. The third-order valence-electron chi connectivity index (χ3n) is 2.90. The van der Waals surface area contributed by atoms with Crippen molar-refractivity contribution in [2.24, 2.45) is 0 Å². The molecule has 0 amide bonds. The lowest BCUT2D eigenvalue weighted by atomic mass is 10.2. The van der Waals surface area contributed by atoms with Gasteiger partial charge < -0.3 is 24.2 Å². The third-order valence-corrected chi connectivity index (χ3v) is 2.90. The summed E-state index contributed by atoms with van der Waals surface area (Å²) in [7, 11) is -4.64. The highest BCUT2D eigenvalue weighted by Crippen LogP contribution is 2.26. The first-order chi connectivity index (χ1) is 12.7. The van der Waals surface area contributed by atoms with Gasteiger partial charge in [-0.3, -0.25) is 9.78 Å². The highest BCUT2D eigenvalue weighted by molar-refractivity contribution is 7.45. The van der Waals surface area contributed by atoms with Gasteiger partial charge in [0.25, 0.3) is 0 Å². The molecule has 0 spiro atoms. The molecule has 0 fully saturated rings. The van der Waals surface area contributed by atoms with E-state index in [1.54, 1.807) is 30.6 Å². The predicted octanol–water partition coefficient (Wildman–Crippen LogP) is 2.15. The van der Waals surface area contributed by atoms with Crippen molar-refractivity contribution in [1.29, 1.82) is 0 Å². The van der Waals surface area contributed by atoms with E-state index >= 15 is 0 Å². The van der Waals surface area contributed by atoms with Gasteiger partial charge in [-0.05, 0) is 36.4 Å². The summed E-state index contributed by atoms with van der Waals surface area (Å²) in [5.41, 5.74) is 1.59. The molecule has 1 aliphatic heterocycles. The lowest BCUT2D eigenvalue weighted by Gasteiger charge is -2.05. The maximum absolute atomic E-state index is 11.1. The van der Waals surface area contributed by atoms with Crippen LogP contribution in [0.4, 0.5) is 0 Å². The molecule has 9 nitrogen and oxygen atoms in total. The zero-order valence-electron chi connectivity index (χ0n) is 13.7. The van der Waals surface area contributed by atoms with Crippen LogP contribution >= 0.6 is 7.82 Å². The number of phenolic OH excluding ortho intramolecular Hbond substituents is 1. The fraction of sp³-hybridized carbons (Fsp3) is 0. The maximum Gasteiger partial charge on any atom is 0.466 e. The standard InChI is InChI=1S/C12H7NO3.C5H5N.H3O4P/c14-7-1-3-9-11(5-7)16-12-6-8(15)2-4-10(12)13-9;1-2-4-6-5-3-1;1-5(2,3)4/h1-6,14H;1-5H;(H3,1,2,3,4). The lowest BCUT2D eigenvalue weighted by molar-refractivity contribution is 0.275. The number of benzene rings is 2. The van der Waals surface area contributed by atoms with E-state index in [9.17, 15) is 9.90 Å². The topological polar surface area (TPSA) is 154 Å². The molecule has 4 rings (SSSR count). The second-order valence-electron chi connectivity index (χ2n) is 5.03. The van der Waals surface area contributed by atoms with Gasteiger partial charge in [-0.25, -0.2) is 9.55 Å². The van der Waals surface area contributed by atoms with Crippen molar-refractivity contribution >= 4 is 18.9 Å². The summed E-state index contributed by atoms with van der Waals surface area (Å²) in [6.07, 6.45) is 3.50. The number of hydrogen-bond acceptors (Lipinski definition) is 6. The Morgan fingerprint density at radius 2 is 1.59 bits per heavy atom. The molecule has 2 aliphatic rings. The Hall–Kier alpha value is -3.10. The largest absolute Gasteiger partial charge is 0.508 e. The van der Waals surface area contributed by atoms with Crippen LogP contribution in [0, 0.1) is 0 Å². The molecule has 27 heavy (non-hydrogen) atoms. The Morgan fingerprint density at radius 3 is 2.15 bits per heavy atom. The third kappa shape index (κ3) is 7.35. The predicted molar refractivity (Wildman–Crippen MR) is 97.1 cm³/mol. The average Bonchev–Trinajstić information content (AvgIpc) is 2.60. The molecule has 0 saturated heterocycles. The summed E-state index contributed by atoms with van der Waals surface area (Å²) in [6.45, 7) is 0. The summed E-state index contributed by atoms with van der Waals surface area (Å²) >= 11 is 0. The number of fused-ring (bicyclic) bond motifs is 2. The quantitative estimate of drug-likeness (QED) is 0.261. The Balaban J connectivity index is 0.000000196. The molecule has 0 atom stereocenters. The van der Waals surface area contributed by atoms with E-state index < -0.39 is 7.82 Å². The molecule has 1 aromatic heterocycles. The minimum Gasteiger partial charge on any atom is -0.508 e. The average molecular weight is 390 g/mol. The fourth-order valence-corrected chi connectivity index (χ4v) is 1.91. The van der Waals surface area contributed by atoms with Crippen molar-refractivity contribution in [2.75, 3.05) is 0 Å². The monoisotopic (exact) mass is 390 g/mol. The van der Waals surface area contributed by atoms with Crippen LogP contribution in [0.5, 0.6) is 5.75 Å². The minimum atomic E-state index is -4.64. The van der Waals surface area contributed by atoms with Crippen LogP contribution < -0.4 is 5.43 Å². The number of phenols is 1. The van der Waals surface area contributed by atoms with E-state index in [4.69, 9.17) is 23.7 Å². The molecule has 1 aromatic carbocycles. The second kappa shape index (κ2) is 9.02. The SMILES string of the molecule is O=P(O)(O)O.O=c1ccc2nc3ccc(O)cc3oc-2c1.c1ccncc1. The Labute approximate surface area is 152 Å². The van der Waals surface area contributed by atoms with Gasteiger partial charge >= 0.3 is 7.82 Å². The van der Waals surface area contributed by atoms with Gasteiger partial charge in [-0.2, -0.15) is 0 Å². The van der Waals surface area contributed by atoms with E-state index in [1.807, 2.05) is 18.2 Å². The van der Waals surface area contributed by atoms with Crippen LogP contribution in [0.1, 0.15) is 0 Å². The molecular formula is C17H15N2O7P. The van der Waals surface area contributed by atoms with E-state index in [1.165, 1.54) is 18.2 Å². The van der Waals surface area contributed by atoms with Crippen LogP contribution in [-0.4, -0.2) is 29.8 Å². The first-order valence-electron chi connectivity index (χ1n) is 7.39. The number of aromatic hydroxyl groups is 1. The van der Waals surface area contributed by atoms with E-state index in [0.717, 1.165) is 0 Å². The van der Waals surface area contributed by atoms with Gasteiger partial charge in [0, 0.05) is 24.5 Å². The van der Waals surface area contributed by atoms with Crippen molar-refractivity contribution in [2.45, 2.75) is 0 Å². The van der Waals surface area contributed by atoms with Gasteiger partial charge in [-0.15, -0.1) is 0 Å². The molecule has 4 N–H and O–H groups in total. The number of rotatable bonds is 0. The molecule has 0 radical (unpaired) electrons. The minimum absolute atomic E-state index is 0.107. The molecule has 2 heterocycles. The zero-order valence-corrected chi connectivity index (χ0v) is 14.6. The van der Waals surface area contributed by atoms with Gasteiger partial charge in [0.2, 0.25) is 0 Å². The van der Waals surface area contributed by atoms with Crippen molar-refractivity contribution in [3.05, 3.63) is 77.2 Å². The summed E-state index contributed by atoms with van der Waals surface area (Å²) < 4.78 is 14.4. The summed E-state index contributed by atoms with van der Waals surface area (Å²) in [5.74, 6) is 0.529. The Bertz CT molecular complexity index is 1040. The first-order valence-corrected chi connectivity index (χ1v) is 8.96. The van der Waals surface area contributed by atoms with E-state index in [-0.39, 0.29) is 11.2 Å². The van der Waals surface area contributed by atoms with Crippen LogP contribution in [0.3, 0.4) is 0 Å². The van der Waals surface area contributed by atoms with Crippen LogP contribution in [0.2, 0.25) is 0 Å². The van der Waals surface area contributed by atoms with Crippen molar-refractivity contribution in [3.8, 4) is 17.2 Å². The van der Waals surface area contributed by atoms with Crippen molar-refractivity contribution in [3.63, 3.8) is 0 Å². The van der Waals surface area contributed by atoms with Gasteiger partial charge in [0.05, 0.1) is 0 Å². The zero-order chi connectivity index (χ0) is 19.9. The van der Waals surface area contributed by atoms with Gasteiger partial charge in [-0.1, -0.05) is 6.07 Å². The van der Waals surface area contributed by atoms with Crippen molar-refractivity contribution in [1.82, 2.24) is 9.97 Å². The number of pyridine rings is 1. The molecule has 0 saturated carbocycles. The number of aromatic nitrogens is 2. The molecule has 0 unspecified atom stereocenters. The summed E-state index contributed by atoms with van der Waals surface area (Å²) in [6, 6.07) is 14.8. The van der Waals surface area contributed by atoms with E-state index in [0.29, 0.717) is 22.6 Å². The van der Waals surface area contributed by atoms with Crippen LogP contribution in [0.15, 0.2) is 76.2 Å². The first kappa shape index (κ1) is 20.2. The lowest BCUT2D eigenvalue weighted by Crippen LogP contribution is -1.99. The van der Waals surface area contributed by atoms with Crippen LogP contribution in [0.25, 0.3) is 22.6 Å². The smallest absolute Gasteiger partial charge is 0.466 e. The highest BCUT2D eigenvalue weighted by Gasteiger charge is 2.09. The number of hydrogen-bond donors (Lipinski definition) is 4. The fourth-order valence-electron chi connectivity index (χ4n) is 1.91.